The number of rotatable bonds is 10. The van der Waals surface area contributed by atoms with Crippen LogP contribution in [0.2, 0.25) is 0 Å². The molecule has 2 aromatic rings. The smallest absolute Gasteiger partial charge is 0.381 e. The molecule has 1 atom stereocenters. The summed E-state index contributed by atoms with van der Waals surface area (Å²) < 4.78 is 31.7. The Balaban J connectivity index is 2.06. The zero-order chi connectivity index (χ0) is 24.8. The molecule has 1 unspecified atom stereocenters. The first-order valence-electron chi connectivity index (χ1n) is 10.7. The summed E-state index contributed by atoms with van der Waals surface area (Å²) in [6.45, 7) is 6.91. The van der Waals surface area contributed by atoms with E-state index < -0.39 is 46.0 Å². The Hall–Kier alpha value is -3.22. The Labute approximate surface area is 192 Å². The maximum absolute atomic E-state index is 13.7. The van der Waals surface area contributed by atoms with Crippen LogP contribution >= 0.6 is 0 Å². The van der Waals surface area contributed by atoms with Crippen LogP contribution in [-0.2, 0) is 34.7 Å². The van der Waals surface area contributed by atoms with Crippen molar-refractivity contribution in [1.29, 1.82) is 0 Å². The Morgan fingerprint density at radius 2 is 1.27 bits per heavy atom. The van der Waals surface area contributed by atoms with E-state index in [2.05, 4.69) is 4.74 Å². The number of hydrogen-bond acceptors (Lipinski definition) is 5. The number of ether oxygens (including phenoxy) is 1. The molecule has 176 valence electrons. The van der Waals surface area contributed by atoms with Crippen molar-refractivity contribution < 1.29 is 32.7 Å². The number of carbonyl (C=O) groups is 4. The molecule has 0 fully saturated rings. The van der Waals surface area contributed by atoms with Crippen molar-refractivity contribution in [1.82, 2.24) is 0 Å². The largest absolute Gasteiger partial charge is 0.382 e. The van der Waals surface area contributed by atoms with Gasteiger partial charge in [-0.2, -0.15) is 0 Å². The highest BCUT2D eigenvalue weighted by Crippen LogP contribution is 2.33. The normalized spacial score (nSPS) is 13.2. The maximum atomic E-state index is 13.7. The zero-order valence-corrected chi connectivity index (χ0v) is 19.2. The second kappa shape index (κ2) is 10.6. The predicted octanol–water partition coefficient (Wildman–Crippen LogP) is 4.99. The van der Waals surface area contributed by atoms with Gasteiger partial charge in [-0.1, -0.05) is 58.4 Å². The quantitative estimate of drug-likeness (QED) is 0.285. The van der Waals surface area contributed by atoms with Crippen molar-refractivity contribution >= 4 is 23.5 Å². The summed E-state index contributed by atoms with van der Waals surface area (Å²) in [4.78, 5) is 49.3. The summed E-state index contributed by atoms with van der Waals surface area (Å²) in [6, 6.07) is 11.4. The molecular weight excluding hydrogens is 430 g/mol. The van der Waals surface area contributed by atoms with Crippen LogP contribution in [0.3, 0.4) is 0 Å². The molecule has 0 aliphatic carbocycles. The molecule has 0 bridgehead atoms. The number of hydrogen-bond donors (Lipinski definition) is 0. The lowest BCUT2D eigenvalue weighted by Gasteiger charge is -2.29. The monoisotopic (exact) mass is 458 g/mol. The van der Waals surface area contributed by atoms with Crippen LogP contribution in [0.1, 0.15) is 64.5 Å². The lowest BCUT2D eigenvalue weighted by molar-refractivity contribution is -0.167. The minimum Gasteiger partial charge on any atom is -0.381 e. The van der Waals surface area contributed by atoms with Gasteiger partial charge < -0.3 is 4.74 Å². The van der Waals surface area contributed by atoms with E-state index >= 15 is 0 Å². The van der Waals surface area contributed by atoms with Crippen molar-refractivity contribution in [3.63, 3.8) is 0 Å². The Morgan fingerprint density at radius 3 is 1.79 bits per heavy atom. The SMILES string of the molecule is CCCC(C)(CC(=O)C(=O)OC(=O)C(=O)CC(C)(C)c1cccc(F)c1)c1cccc(F)c1. The van der Waals surface area contributed by atoms with Gasteiger partial charge >= 0.3 is 11.9 Å². The van der Waals surface area contributed by atoms with Gasteiger partial charge in [0.05, 0.1) is 0 Å². The molecule has 7 heteroatoms. The van der Waals surface area contributed by atoms with Crippen molar-refractivity contribution in [2.24, 2.45) is 0 Å². The number of ketones is 2. The van der Waals surface area contributed by atoms with Gasteiger partial charge in [0, 0.05) is 18.3 Å². The van der Waals surface area contributed by atoms with Gasteiger partial charge in [0.25, 0.3) is 0 Å². The third-order valence-corrected chi connectivity index (χ3v) is 5.72. The van der Waals surface area contributed by atoms with E-state index in [1.165, 1.54) is 36.4 Å². The molecule has 0 radical (unpaired) electrons. The molecular formula is C26H28F2O5. The molecule has 0 aliphatic heterocycles. The molecule has 0 aliphatic rings. The summed E-state index contributed by atoms with van der Waals surface area (Å²) in [5.41, 5.74) is -0.705. The summed E-state index contributed by atoms with van der Waals surface area (Å²) in [7, 11) is 0. The molecule has 2 aromatic carbocycles. The minimum absolute atomic E-state index is 0.306. The second-order valence-corrected chi connectivity index (χ2v) is 9.09. The highest BCUT2D eigenvalue weighted by molar-refractivity contribution is 6.42. The van der Waals surface area contributed by atoms with Gasteiger partial charge in [-0.3, -0.25) is 9.59 Å². The first-order valence-corrected chi connectivity index (χ1v) is 10.7. The average molecular weight is 459 g/mol. The van der Waals surface area contributed by atoms with Crippen molar-refractivity contribution in [2.45, 2.75) is 64.2 Å². The molecule has 33 heavy (non-hydrogen) atoms. The van der Waals surface area contributed by atoms with Crippen LogP contribution in [0.25, 0.3) is 0 Å². The van der Waals surface area contributed by atoms with Crippen LogP contribution in [-0.4, -0.2) is 23.5 Å². The summed E-state index contributed by atoms with van der Waals surface area (Å²) in [6.07, 6.45) is 0.513. The van der Waals surface area contributed by atoms with E-state index in [0.29, 0.717) is 24.0 Å². The molecule has 0 N–H and O–H groups in total. The molecule has 0 spiro atoms. The second-order valence-electron chi connectivity index (χ2n) is 9.09. The number of carbonyl (C=O) groups excluding carboxylic acids is 4. The molecule has 0 aromatic heterocycles. The van der Waals surface area contributed by atoms with Gasteiger partial charge in [0.15, 0.2) is 0 Å². The fourth-order valence-electron chi connectivity index (χ4n) is 3.86. The lowest BCUT2D eigenvalue weighted by atomic mass is 9.75. The molecule has 0 amide bonds. The maximum Gasteiger partial charge on any atom is 0.382 e. The fourth-order valence-corrected chi connectivity index (χ4v) is 3.86. The van der Waals surface area contributed by atoms with Crippen molar-refractivity contribution in [3.8, 4) is 0 Å². The van der Waals surface area contributed by atoms with Gasteiger partial charge in [0.1, 0.15) is 11.6 Å². The topological polar surface area (TPSA) is 77.5 Å². The van der Waals surface area contributed by atoms with Crippen molar-refractivity contribution in [2.75, 3.05) is 0 Å². The van der Waals surface area contributed by atoms with Gasteiger partial charge in [-0.05, 0) is 47.2 Å². The third-order valence-electron chi connectivity index (χ3n) is 5.72. The fraction of sp³-hybridized carbons (Fsp3) is 0.385. The molecule has 0 saturated carbocycles. The predicted molar refractivity (Wildman–Crippen MR) is 118 cm³/mol. The van der Waals surface area contributed by atoms with E-state index in [-0.39, 0.29) is 12.8 Å². The third kappa shape index (κ3) is 6.88. The number of Topliss-reactive ketones (excluding diaryl/α,β-unsaturated/α-hetero) is 2. The Kier molecular flexibility index (Phi) is 8.36. The number of benzene rings is 2. The van der Waals surface area contributed by atoms with Gasteiger partial charge in [0.2, 0.25) is 11.6 Å². The molecule has 0 saturated heterocycles. The number of halogens is 2. The first-order chi connectivity index (χ1) is 15.4. The molecule has 2 rings (SSSR count). The highest BCUT2D eigenvalue weighted by Gasteiger charge is 2.35. The van der Waals surface area contributed by atoms with Crippen LogP contribution < -0.4 is 0 Å². The first kappa shape index (κ1) is 26.0. The Morgan fingerprint density at radius 1 is 0.788 bits per heavy atom. The number of esters is 2. The molecule has 5 nitrogen and oxygen atoms in total. The lowest BCUT2D eigenvalue weighted by Crippen LogP contribution is -2.34. The van der Waals surface area contributed by atoms with E-state index in [1.54, 1.807) is 32.9 Å². The summed E-state index contributed by atoms with van der Waals surface area (Å²) in [5.74, 6) is -5.82. The standard InChI is InChI=1S/C26H28F2O5/c1-5-12-26(4,18-9-7-11-20(28)14-18)16-22(30)24(32)33-23(31)21(29)15-25(2,3)17-8-6-10-19(27)13-17/h6-11,13-14H,5,12,15-16H2,1-4H3. The van der Waals surface area contributed by atoms with E-state index in [9.17, 15) is 28.0 Å². The van der Waals surface area contributed by atoms with Crippen LogP contribution in [0.5, 0.6) is 0 Å². The summed E-state index contributed by atoms with van der Waals surface area (Å²) in [5, 5.41) is 0. The van der Waals surface area contributed by atoms with Crippen molar-refractivity contribution in [3.05, 3.63) is 71.3 Å². The van der Waals surface area contributed by atoms with Crippen LogP contribution in [0, 0.1) is 11.6 Å². The van der Waals surface area contributed by atoms with Gasteiger partial charge in [-0.25, -0.2) is 18.4 Å². The zero-order valence-electron chi connectivity index (χ0n) is 19.2. The Bertz CT molecular complexity index is 1060. The van der Waals surface area contributed by atoms with E-state index in [1.807, 2.05) is 6.92 Å². The molecule has 0 heterocycles. The minimum atomic E-state index is -1.44. The van der Waals surface area contributed by atoms with E-state index in [4.69, 9.17) is 0 Å². The van der Waals surface area contributed by atoms with E-state index in [0.717, 1.165) is 0 Å². The summed E-state index contributed by atoms with van der Waals surface area (Å²) >= 11 is 0. The van der Waals surface area contributed by atoms with Crippen LogP contribution in [0.4, 0.5) is 8.78 Å². The average Bonchev–Trinajstić information content (AvgIpc) is 2.73. The highest BCUT2D eigenvalue weighted by atomic mass is 19.1. The van der Waals surface area contributed by atoms with Gasteiger partial charge in [-0.15, -0.1) is 0 Å². The van der Waals surface area contributed by atoms with Crippen LogP contribution in [0.15, 0.2) is 48.5 Å².